The van der Waals surface area contributed by atoms with E-state index in [2.05, 4.69) is 15.6 Å². The fourth-order valence-corrected chi connectivity index (χ4v) is 5.56. The van der Waals surface area contributed by atoms with Crippen molar-refractivity contribution >= 4 is 28.9 Å². The van der Waals surface area contributed by atoms with Gasteiger partial charge in [0, 0.05) is 35.6 Å². The third-order valence-corrected chi connectivity index (χ3v) is 7.88. The summed E-state index contributed by atoms with van der Waals surface area (Å²) in [4.78, 5) is 27.5. The van der Waals surface area contributed by atoms with E-state index >= 15 is 0 Å². The highest BCUT2D eigenvalue weighted by molar-refractivity contribution is 6.08. The Morgan fingerprint density at radius 1 is 1.10 bits per heavy atom. The zero-order valence-electron chi connectivity index (χ0n) is 23.1. The third-order valence-electron chi connectivity index (χ3n) is 7.88. The van der Waals surface area contributed by atoms with Gasteiger partial charge in [0.25, 0.3) is 11.8 Å². The number of ether oxygens (including phenoxy) is 1. The molecule has 6 rings (SSSR count). The summed E-state index contributed by atoms with van der Waals surface area (Å²) in [5, 5.41) is 32.9. The lowest BCUT2D eigenvalue weighted by Crippen LogP contribution is -2.40. The second kappa shape index (κ2) is 11.2. The van der Waals surface area contributed by atoms with Crippen LogP contribution in [0.2, 0.25) is 0 Å². The molecule has 0 saturated heterocycles. The summed E-state index contributed by atoms with van der Waals surface area (Å²) in [6.45, 7) is 2.14. The Balaban J connectivity index is 1.17. The number of aromatic nitrogens is 3. The molecule has 0 aliphatic carbocycles. The van der Waals surface area contributed by atoms with Gasteiger partial charge >= 0.3 is 0 Å². The summed E-state index contributed by atoms with van der Waals surface area (Å²) in [5.41, 5.74) is 1.90. The van der Waals surface area contributed by atoms with Crippen molar-refractivity contribution in [3.8, 4) is 5.75 Å². The van der Waals surface area contributed by atoms with E-state index in [0.29, 0.717) is 47.0 Å². The Labute approximate surface area is 242 Å². The minimum atomic E-state index is -1.82. The minimum absolute atomic E-state index is 0.0732. The van der Waals surface area contributed by atoms with Crippen LogP contribution in [0.25, 0.3) is 0 Å². The molecule has 3 N–H and O–H groups in total. The number of rotatable bonds is 9. The molecular weight excluding hydrogens is 534 g/mol. The van der Waals surface area contributed by atoms with E-state index in [4.69, 9.17) is 4.74 Å². The highest BCUT2D eigenvalue weighted by Gasteiger charge is 2.49. The summed E-state index contributed by atoms with van der Waals surface area (Å²) in [7, 11) is 0. The quantitative estimate of drug-likeness (QED) is 0.263. The molecule has 0 fully saturated rings. The molecule has 214 valence electrons. The van der Waals surface area contributed by atoms with Crippen LogP contribution in [-0.2, 0) is 21.7 Å². The maximum atomic E-state index is 13.1. The van der Waals surface area contributed by atoms with E-state index in [0.717, 1.165) is 5.56 Å². The van der Waals surface area contributed by atoms with Gasteiger partial charge in [0.05, 0.1) is 23.9 Å². The van der Waals surface area contributed by atoms with Crippen molar-refractivity contribution in [2.24, 2.45) is 5.92 Å². The maximum Gasteiger partial charge on any atom is 0.269 e. The lowest BCUT2D eigenvalue weighted by molar-refractivity contribution is -0.137. The molecule has 0 bridgehead atoms. The molecule has 1 unspecified atom stereocenters. The Bertz CT molecular complexity index is 1650. The smallest absolute Gasteiger partial charge is 0.269 e. The van der Waals surface area contributed by atoms with Crippen LogP contribution in [0.3, 0.4) is 0 Å². The van der Waals surface area contributed by atoms with Crippen LogP contribution in [0.1, 0.15) is 36.1 Å². The highest BCUT2D eigenvalue weighted by Crippen LogP contribution is 2.45. The molecule has 10 heteroatoms. The second-order valence-electron chi connectivity index (χ2n) is 10.5. The number of aliphatic hydroxyl groups is 2. The Kier molecular flexibility index (Phi) is 7.32. The zero-order valence-corrected chi connectivity index (χ0v) is 23.1. The number of nitrogens with one attached hydrogen (secondary N) is 1. The molecule has 0 saturated carbocycles. The third kappa shape index (κ3) is 4.84. The van der Waals surface area contributed by atoms with Crippen molar-refractivity contribution in [2.75, 3.05) is 23.4 Å². The number of nitrogens with zero attached hydrogens (tertiary/aromatic N) is 4. The van der Waals surface area contributed by atoms with E-state index in [-0.39, 0.29) is 25.0 Å². The van der Waals surface area contributed by atoms with E-state index in [9.17, 15) is 19.8 Å². The number of hydrogen-bond donors (Lipinski definition) is 3. The Hall–Kier alpha value is -4.80. The molecule has 10 nitrogen and oxygen atoms in total. The first kappa shape index (κ1) is 27.4. The van der Waals surface area contributed by atoms with Gasteiger partial charge in [-0.3, -0.25) is 19.2 Å². The van der Waals surface area contributed by atoms with Crippen LogP contribution in [0.4, 0.5) is 17.1 Å². The first-order chi connectivity index (χ1) is 20.4. The van der Waals surface area contributed by atoms with Crippen LogP contribution in [0.15, 0.2) is 91.1 Å². The number of allylic oxidation sites excluding steroid dienone is 1. The predicted octanol–water partition coefficient (Wildman–Crippen LogP) is 3.88. The molecule has 0 spiro atoms. The van der Waals surface area contributed by atoms with E-state index in [1.54, 1.807) is 46.8 Å². The van der Waals surface area contributed by atoms with Gasteiger partial charge in [0.1, 0.15) is 5.75 Å². The van der Waals surface area contributed by atoms with Gasteiger partial charge in [-0.25, -0.2) is 0 Å². The van der Waals surface area contributed by atoms with Crippen LogP contribution in [-0.4, -0.2) is 50.2 Å². The maximum absolute atomic E-state index is 13.1. The second-order valence-corrected chi connectivity index (χ2v) is 10.5. The number of fused-ring (bicyclic) bond motifs is 2. The lowest BCUT2D eigenvalue weighted by atomic mass is 9.82. The predicted molar refractivity (Wildman–Crippen MR) is 156 cm³/mol. The van der Waals surface area contributed by atoms with E-state index in [1.165, 1.54) is 0 Å². The summed E-state index contributed by atoms with van der Waals surface area (Å²) in [6, 6.07) is 22.1. The average Bonchev–Trinajstić information content (AvgIpc) is 3.58. The number of aryl methyl sites for hydroxylation is 1. The Morgan fingerprint density at radius 3 is 2.69 bits per heavy atom. The molecule has 3 atom stereocenters. The van der Waals surface area contributed by atoms with Crippen molar-refractivity contribution in [3.05, 3.63) is 108 Å². The number of carbonyl (C=O) groups is 2. The van der Waals surface area contributed by atoms with Gasteiger partial charge in [-0.05, 0) is 42.3 Å². The van der Waals surface area contributed by atoms with Gasteiger partial charge in [-0.15, -0.1) is 5.10 Å². The van der Waals surface area contributed by atoms with Crippen LogP contribution >= 0.6 is 0 Å². The standard InChI is InChI=1S/C32H31N5O5/c1-21(9-7-8-16-36-18-27(34-35-36)24(19-38)22-10-3-2-4-11-22)32(41)25-17-23(14-15-26(25)33-31(32)40)37-28-12-5-6-13-29(28)42-20-30(37)39/h2-7,9-15,17-18,21,24,38,41H,8,16,19-20H2,1H3,(H,33,40)/b9-7+/t21-,24?,32+/m1/s1. The van der Waals surface area contributed by atoms with Gasteiger partial charge in [-0.2, -0.15) is 0 Å². The van der Waals surface area contributed by atoms with Crippen molar-refractivity contribution < 1.29 is 24.5 Å². The molecule has 42 heavy (non-hydrogen) atoms. The molecule has 3 aromatic carbocycles. The number of hydrogen-bond acceptors (Lipinski definition) is 7. The molecule has 3 heterocycles. The van der Waals surface area contributed by atoms with Crippen LogP contribution in [0, 0.1) is 5.92 Å². The number of aliphatic hydroxyl groups excluding tert-OH is 1. The van der Waals surface area contributed by atoms with E-state index in [1.807, 2.05) is 60.8 Å². The topological polar surface area (TPSA) is 130 Å². The molecule has 1 aromatic heterocycles. The number of benzene rings is 3. The first-order valence-electron chi connectivity index (χ1n) is 13.9. The molecule has 2 amide bonds. The summed E-state index contributed by atoms with van der Waals surface area (Å²) in [5.74, 6) is -0.989. The Morgan fingerprint density at radius 2 is 1.88 bits per heavy atom. The molecule has 0 radical (unpaired) electrons. The molecule has 2 aliphatic heterocycles. The fraction of sp³-hybridized carbons (Fsp3) is 0.250. The fourth-order valence-electron chi connectivity index (χ4n) is 5.56. The van der Waals surface area contributed by atoms with Crippen molar-refractivity contribution in [3.63, 3.8) is 0 Å². The molecule has 4 aromatic rings. The summed E-state index contributed by atoms with van der Waals surface area (Å²) < 4.78 is 7.28. The van der Waals surface area contributed by atoms with E-state index < -0.39 is 17.4 Å². The average molecular weight is 566 g/mol. The number of carbonyl (C=O) groups excluding carboxylic acids is 2. The first-order valence-corrected chi connectivity index (χ1v) is 13.9. The SMILES string of the molecule is C[C@H](/C=C/CCn1cc(C(CO)c2ccccc2)nn1)[C@@]1(O)C(=O)Nc2ccc(N3C(=O)COc4ccccc43)cc21. The van der Waals surface area contributed by atoms with Gasteiger partial charge in [-0.1, -0.05) is 66.8 Å². The molecular formula is C32H31N5O5. The number of amides is 2. The lowest BCUT2D eigenvalue weighted by Gasteiger charge is -2.31. The van der Waals surface area contributed by atoms with Gasteiger partial charge in [0.2, 0.25) is 0 Å². The van der Waals surface area contributed by atoms with Crippen LogP contribution < -0.4 is 15.0 Å². The largest absolute Gasteiger partial charge is 0.482 e. The normalized spacial score (nSPS) is 19.3. The van der Waals surface area contributed by atoms with Crippen molar-refractivity contribution in [1.82, 2.24) is 15.0 Å². The monoisotopic (exact) mass is 565 g/mol. The minimum Gasteiger partial charge on any atom is -0.482 e. The number of anilines is 3. The summed E-state index contributed by atoms with van der Waals surface area (Å²) >= 11 is 0. The molecule has 2 aliphatic rings. The highest BCUT2D eigenvalue weighted by atomic mass is 16.5. The van der Waals surface area contributed by atoms with Crippen molar-refractivity contribution in [2.45, 2.75) is 31.4 Å². The van der Waals surface area contributed by atoms with Crippen molar-refractivity contribution in [1.29, 1.82) is 0 Å². The van der Waals surface area contributed by atoms with Gasteiger partial charge < -0.3 is 20.3 Å². The summed E-state index contributed by atoms with van der Waals surface area (Å²) in [6.07, 6.45) is 6.13. The zero-order chi connectivity index (χ0) is 29.3. The van der Waals surface area contributed by atoms with Gasteiger partial charge in [0.15, 0.2) is 12.2 Å². The number of para-hydroxylation sites is 2. The van der Waals surface area contributed by atoms with Crippen LogP contribution in [0.5, 0.6) is 5.75 Å².